The molecule has 0 radical (unpaired) electrons. The number of allylic oxidation sites excluding steroid dienone is 4. The van der Waals surface area contributed by atoms with Crippen molar-refractivity contribution in [3.63, 3.8) is 0 Å². The van der Waals surface area contributed by atoms with Crippen LogP contribution in [0.4, 0.5) is 0 Å². The average molecular weight is 299 g/mol. The van der Waals surface area contributed by atoms with Crippen LogP contribution < -0.4 is 10.4 Å². The second kappa shape index (κ2) is 5.49. The Balaban J connectivity index is 2.22. The largest absolute Gasteiger partial charge is 0.496 e. The Bertz CT molecular complexity index is 814. The first kappa shape index (κ1) is 13.5. The van der Waals surface area contributed by atoms with Gasteiger partial charge in [-0.2, -0.15) is 5.10 Å². The van der Waals surface area contributed by atoms with Crippen LogP contribution in [0.15, 0.2) is 41.2 Å². The van der Waals surface area contributed by atoms with Gasteiger partial charge in [-0.3, -0.25) is 4.98 Å². The van der Waals surface area contributed by atoms with E-state index in [-0.39, 0.29) is 5.69 Å². The summed E-state index contributed by atoms with van der Waals surface area (Å²) in [6.45, 7) is 0. The van der Waals surface area contributed by atoms with Crippen molar-refractivity contribution < 1.29 is 4.74 Å². The molecule has 21 heavy (non-hydrogen) atoms. The fourth-order valence-electron chi connectivity index (χ4n) is 2.35. The maximum absolute atomic E-state index is 11.3. The molecule has 1 aromatic carbocycles. The second-order valence-corrected chi connectivity index (χ2v) is 5.12. The van der Waals surface area contributed by atoms with Crippen molar-refractivity contribution in [1.82, 2.24) is 15.2 Å². The number of thiocarbonyl (C=S) groups is 1. The Morgan fingerprint density at radius 1 is 1.29 bits per heavy atom. The molecule has 3 rings (SSSR count). The molecule has 5 nitrogen and oxygen atoms in total. The van der Waals surface area contributed by atoms with Crippen LogP contribution in [0.3, 0.4) is 0 Å². The van der Waals surface area contributed by atoms with Gasteiger partial charge in [-0.1, -0.05) is 36.5 Å². The Kier molecular flexibility index (Phi) is 3.53. The number of aromatic nitrogens is 3. The average Bonchev–Trinajstić information content (AvgIpc) is 2.93. The number of hydrogen-bond donors (Lipinski definition) is 2. The Morgan fingerprint density at radius 3 is 2.81 bits per heavy atom. The van der Waals surface area contributed by atoms with Crippen LogP contribution in [0.25, 0.3) is 11.1 Å². The molecular formula is C15H13N3O2S. The number of ether oxygens (including phenoxy) is 1. The summed E-state index contributed by atoms with van der Waals surface area (Å²) in [5.74, 6) is 1.27. The summed E-state index contributed by atoms with van der Waals surface area (Å²) in [7, 11) is 1.63. The lowest BCUT2D eigenvalue weighted by Crippen LogP contribution is -2.06. The molecule has 0 bridgehead atoms. The summed E-state index contributed by atoms with van der Waals surface area (Å²) < 4.78 is 5.41. The maximum Gasteiger partial charge on any atom is 0.340 e. The first-order chi connectivity index (χ1) is 10.2. The number of H-pyrrole nitrogens is 2. The molecule has 1 aliphatic rings. The lowest BCUT2D eigenvalue weighted by atomic mass is 9.91. The van der Waals surface area contributed by atoms with E-state index in [2.05, 4.69) is 15.2 Å². The molecule has 0 unspecified atom stereocenters. The number of rotatable bonds is 3. The topological polar surface area (TPSA) is 70.8 Å². The molecule has 1 heterocycles. The molecule has 0 saturated carbocycles. The molecule has 1 aromatic heterocycles. The number of nitrogens with zero attached hydrogens (tertiary/aromatic N) is 1. The minimum atomic E-state index is -0.336. The lowest BCUT2D eigenvalue weighted by Gasteiger charge is -2.17. The van der Waals surface area contributed by atoms with Gasteiger partial charge in [0.1, 0.15) is 5.75 Å². The van der Waals surface area contributed by atoms with Gasteiger partial charge in [-0.05, 0) is 17.7 Å². The van der Waals surface area contributed by atoms with Gasteiger partial charge in [0.05, 0.1) is 7.11 Å². The van der Waals surface area contributed by atoms with Gasteiger partial charge in [-0.25, -0.2) is 9.89 Å². The third-order valence-corrected chi connectivity index (χ3v) is 3.58. The molecule has 106 valence electrons. The highest BCUT2D eigenvalue weighted by atomic mass is 32.1. The van der Waals surface area contributed by atoms with Gasteiger partial charge in [0.25, 0.3) is 0 Å². The summed E-state index contributed by atoms with van der Waals surface area (Å²) in [4.78, 5) is 14.8. The summed E-state index contributed by atoms with van der Waals surface area (Å²) in [6, 6.07) is 7.72. The number of hydrogen-bond acceptors (Lipinski definition) is 4. The van der Waals surface area contributed by atoms with Gasteiger partial charge in [0.15, 0.2) is 5.82 Å². The van der Waals surface area contributed by atoms with Gasteiger partial charge >= 0.3 is 5.69 Å². The van der Waals surface area contributed by atoms with Crippen LogP contribution in [-0.4, -0.2) is 27.2 Å². The molecule has 2 N–H and O–H groups in total. The number of para-hydroxylation sites is 1. The van der Waals surface area contributed by atoms with Crippen molar-refractivity contribution in [2.45, 2.75) is 6.42 Å². The molecule has 0 aliphatic heterocycles. The molecule has 0 fully saturated rings. The van der Waals surface area contributed by atoms with E-state index in [1.807, 2.05) is 36.4 Å². The van der Waals surface area contributed by atoms with Crippen LogP contribution in [0.2, 0.25) is 0 Å². The number of methoxy groups -OCH3 is 1. The first-order valence-corrected chi connectivity index (χ1v) is 6.82. The van der Waals surface area contributed by atoms with Crippen LogP contribution in [-0.2, 0) is 0 Å². The lowest BCUT2D eigenvalue weighted by molar-refractivity contribution is 0.413. The van der Waals surface area contributed by atoms with Crippen molar-refractivity contribution >= 4 is 28.2 Å². The van der Waals surface area contributed by atoms with Crippen LogP contribution in [0, 0.1) is 0 Å². The van der Waals surface area contributed by atoms with E-state index in [1.165, 1.54) is 0 Å². The van der Waals surface area contributed by atoms with E-state index in [9.17, 15) is 4.79 Å². The predicted molar refractivity (Wildman–Crippen MR) is 85.4 cm³/mol. The number of benzene rings is 1. The van der Waals surface area contributed by atoms with E-state index in [1.54, 1.807) is 7.11 Å². The van der Waals surface area contributed by atoms with Crippen molar-refractivity contribution in [2.75, 3.05) is 7.11 Å². The van der Waals surface area contributed by atoms with Crippen LogP contribution in [0.1, 0.15) is 17.8 Å². The van der Waals surface area contributed by atoms with Crippen molar-refractivity contribution in [3.05, 3.63) is 58.3 Å². The normalized spacial score (nSPS) is 14.6. The van der Waals surface area contributed by atoms with Crippen LogP contribution >= 0.6 is 12.2 Å². The molecule has 1 aliphatic carbocycles. The quantitative estimate of drug-likeness (QED) is 0.854. The van der Waals surface area contributed by atoms with E-state index < -0.39 is 0 Å². The highest BCUT2D eigenvalue weighted by molar-refractivity contribution is 7.80. The smallest absolute Gasteiger partial charge is 0.340 e. The molecule has 2 aromatic rings. The highest BCUT2D eigenvalue weighted by Crippen LogP contribution is 2.35. The maximum atomic E-state index is 11.3. The third-order valence-electron chi connectivity index (χ3n) is 3.30. The molecule has 0 atom stereocenters. The van der Waals surface area contributed by atoms with E-state index in [0.29, 0.717) is 12.2 Å². The van der Waals surface area contributed by atoms with E-state index >= 15 is 0 Å². The highest BCUT2D eigenvalue weighted by Gasteiger charge is 2.19. The minimum Gasteiger partial charge on any atom is -0.496 e. The van der Waals surface area contributed by atoms with Gasteiger partial charge in [0.2, 0.25) is 0 Å². The Labute approximate surface area is 126 Å². The summed E-state index contributed by atoms with van der Waals surface area (Å²) in [5.41, 5.74) is 2.43. The summed E-state index contributed by atoms with van der Waals surface area (Å²) in [5, 5.41) is 6.41. The second-order valence-electron chi connectivity index (χ2n) is 4.60. The molecule has 0 amide bonds. The SMILES string of the molecule is COc1ccccc1C1=C(c2n[nH]c(=O)[nH]2)CC(=S)C=C1. The predicted octanol–water partition coefficient (Wildman–Crippen LogP) is 2.35. The molecule has 0 spiro atoms. The van der Waals surface area contributed by atoms with Gasteiger partial charge in [0, 0.05) is 22.4 Å². The molecule has 0 saturated heterocycles. The third kappa shape index (κ3) is 2.57. The Morgan fingerprint density at radius 2 is 2.10 bits per heavy atom. The summed E-state index contributed by atoms with van der Waals surface area (Å²) >= 11 is 5.27. The molecular weight excluding hydrogens is 286 g/mol. The number of aromatic amines is 2. The van der Waals surface area contributed by atoms with Gasteiger partial charge in [-0.15, -0.1) is 0 Å². The van der Waals surface area contributed by atoms with Gasteiger partial charge < -0.3 is 4.74 Å². The molecule has 6 heteroatoms. The number of nitrogens with one attached hydrogen (secondary N) is 2. The minimum absolute atomic E-state index is 0.336. The van der Waals surface area contributed by atoms with Crippen molar-refractivity contribution in [3.8, 4) is 5.75 Å². The van der Waals surface area contributed by atoms with E-state index in [0.717, 1.165) is 27.3 Å². The van der Waals surface area contributed by atoms with Crippen molar-refractivity contribution in [1.29, 1.82) is 0 Å². The van der Waals surface area contributed by atoms with Crippen LogP contribution in [0.5, 0.6) is 5.75 Å². The van der Waals surface area contributed by atoms with Crippen molar-refractivity contribution in [2.24, 2.45) is 0 Å². The fourth-order valence-corrected chi connectivity index (χ4v) is 2.56. The monoisotopic (exact) mass is 299 g/mol. The van der Waals surface area contributed by atoms with E-state index in [4.69, 9.17) is 17.0 Å². The zero-order valence-corrected chi connectivity index (χ0v) is 12.2. The summed E-state index contributed by atoms with van der Waals surface area (Å²) in [6.07, 6.45) is 4.39. The fraction of sp³-hybridized carbons (Fsp3) is 0.133. The standard InChI is InChI=1S/C15H13N3O2S/c1-20-13-5-3-2-4-11(13)10-7-6-9(21)8-12(10)14-16-15(19)18-17-14/h2-7H,8H2,1H3,(H2,16,17,18,19). The zero-order chi connectivity index (χ0) is 14.8. The first-order valence-electron chi connectivity index (χ1n) is 6.41. The Hall–Kier alpha value is -2.47. The zero-order valence-electron chi connectivity index (χ0n) is 11.3.